The van der Waals surface area contributed by atoms with Crippen LogP contribution in [0.5, 0.6) is 5.75 Å². The van der Waals surface area contributed by atoms with Crippen LogP contribution in [0.1, 0.15) is 22.8 Å². The van der Waals surface area contributed by atoms with E-state index in [9.17, 15) is 4.79 Å². The van der Waals surface area contributed by atoms with Crippen LogP contribution in [0.25, 0.3) is 0 Å². The molecule has 0 aliphatic rings. The van der Waals surface area contributed by atoms with Gasteiger partial charge in [0.15, 0.2) is 5.11 Å². The smallest absolute Gasteiger partial charge is 0.257 e. The predicted molar refractivity (Wildman–Crippen MR) is 104 cm³/mol. The highest BCUT2D eigenvalue weighted by Gasteiger charge is 2.10. The normalized spacial score (nSPS) is 10.1. The van der Waals surface area contributed by atoms with Crippen molar-refractivity contribution in [1.29, 1.82) is 0 Å². The van der Waals surface area contributed by atoms with Crippen molar-refractivity contribution < 1.29 is 9.53 Å². The van der Waals surface area contributed by atoms with Crippen molar-refractivity contribution in [2.45, 2.75) is 13.3 Å². The Morgan fingerprint density at radius 3 is 2.62 bits per heavy atom. The van der Waals surface area contributed by atoms with Gasteiger partial charge in [-0.25, -0.2) is 0 Å². The third-order valence-corrected chi connectivity index (χ3v) is 4.12. The molecule has 4 nitrogen and oxygen atoms in total. The number of carbonyl (C=O) groups is 1. The van der Waals surface area contributed by atoms with Crippen LogP contribution in [-0.2, 0) is 6.42 Å². The fourth-order valence-electron chi connectivity index (χ4n) is 2.06. The van der Waals surface area contributed by atoms with Gasteiger partial charge in [-0.1, -0.05) is 30.3 Å². The first-order chi connectivity index (χ1) is 11.6. The number of ether oxygens (including phenoxy) is 1. The molecular formula is C18H19BrN2O2S. The average molecular weight is 407 g/mol. The standard InChI is InChI=1S/C18H19BrN2O2S/c1-2-20-18(24)21-17(22)14-8-9-16(15(19)12-14)23-11-10-13-6-4-3-5-7-13/h3-9,12H,2,10-11H2,1H3,(H2,20,21,22,24). The molecular weight excluding hydrogens is 388 g/mol. The molecule has 0 saturated heterocycles. The van der Waals surface area contributed by atoms with Gasteiger partial charge in [0, 0.05) is 18.5 Å². The Morgan fingerprint density at radius 1 is 1.21 bits per heavy atom. The van der Waals surface area contributed by atoms with Crippen molar-refractivity contribution in [3.05, 3.63) is 64.1 Å². The Kier molecular flexibility index (Phi) is 7.21. The second-order valence-corrected chi connectivity index (χ2v) is 6.31. The Labute approximate surface area is 155 Å². The van der Waals surface area contributed by atoms with Crippen LogP contribution in [0.4, 0.5) is 0 Å². The maximum Gasteiger partial charge on any atom is 0.257 e. The number of halogens is 1. The van der Waals surface area contributed by atoms with E-state index in [-0.39, 0.29) is 5.91 Å². The number of amides is 1. The monoisotopic (exact) mass is 406 g/mol. The molecule has 0 fully saturated rings. The Balaban J connectivity index is 1.91. The highest BCUT2D eigenvalue weighted by atomic mass is 79.9. The molecule has 0 aromatic heterocycles. The lowest BCUT2D eigenvalue weighted by molar-refractivity contribution is 0.0976. The minimum atomic E-state index is -0.252. The summed E-state index contributed by atoms with van der Waals surface area (Å²) < 4.78 is 6.51. The van der Waals surface area contributed by atoms with E-state index in [1.54, 1.807) is 18.2 Å². The zero-order valence-electron chi connectivity index (χ0n) is 13.3. The maximum absolute atomic E-state index is 12.1. The molecule has 0 spiro atoms. The van der Waals surface area contributed by atoms with Crippen LogP contribution in [0, 0.1) is 0 Å². The molecule has 2 rings (SSSR count). The Hall–Kier alpha value is -1.92. The van der Waals surface area contributed by atoms with Crippen LogP contribution >= 0.6 is 28.1 Å². The summed E-state index contributed by atoms with van der Waals surface area (Å²) in [4.78, 5) is 12.1. The molecule has 0 aliphatic heterocycles. The highest BCUT2D eigenvalue weighted by Crippen LogP contribution is 2.26. The summed E-state index contributed by atoms with van der Waals surface area (Å²) in [5.74, 6) is 0.453. The van der Waals surface area contributed by atoms with Gasteiger partial charge < -0.3 is 10.1 Å². The molecule has 0 radical (unpaired) electrons. The second kappa shape index (κ2) is 9.39. The molecule has 1 amide bonds. The quantitative estimate of drug-likeness (QED) is 0.718. The van der Waals surface area contributed by atoms with Crippen molar-refractivity contribution in [1.82, 2.24) is 10.6 Å². The van der Waals surface area contributed by atoms with Crippen molar-refractivity contribution in [3.8, 4) is 5.75 Å². The van der Waals surface area contributed by atoms with Crippen molar-refractivity contribution in [3.63, 3.8) is 0 Å². The number of hydrogen-bond acceptors (Lipinski definition) is 3. The largest absolute Gasteiger partial charge is 0.492 e. The third kappa shape index (κ3) is 5.62. The van der Waals surface area contributed by atoms with Crippen LogP contribution in [0.2, 0.25) is 0 Å². The summed E-state index contributed by atoms with van der Waals surface area (Å²) in [6.45, 7) is 3.15. The maximum atomic E-state index is 12.1. The van der Waals surface area contributed by atoms with Crippen molar-refractivity contribution in [2.24, 2.45) is 0 Å². The summed E-state index contributed by atoms with van der Waals surface area (Å²) in [5, 5.41) is 5.83. The summed E-state index contributed by atoms with van der Waals surface area (Å²) in [6.07, 6.45) is 0.826. The fraction of sp³-hybridized carbons (Fsp3) is 0.222. The molecule has 126 valence electrons. The van der Waals surface area contributed by atoms with E-state index < -0.39 is 0 Å². The first kappa shape index (κ1) is 18.4. The van der Waals surface area contributed by atoms with Crippen LogP contribution in [0.3, 0.4) is 0 Å². The SMILES string of the molecule is CCNC(=S)NC(=O)c1ccc(OCCc2ccccc2)c(Br)c1. The number of carbonyl (C=O) groups excluding carboxylic acids is 1. The number of thiocarbonyl (C=S) groups is 1. The van der Waals surface area contributed by atoms with Gasteiger partial charge in [-0.05, 0) is 58.8 Å². The number of nitrogens with one attached hydrogen (secondary N) is 2. The van der Waals surface area contributed by atoms with Crippen molar-refractivity contribution >= 4 is 39.2 Å². The molecule has 0 heterocycles. The lowest BCUT2D eigenvalue weighted by Gasteiger charge is -2.11. The Bertz CT molecular complexity index is 707. The van der Waals surface area contributed by atoms with Gasteiger partial charge in [-0.2, -0.15) is 0 Å². The fourth-order valence-corrected chi connectivity index (χ4v) is 2.79. The molecule has 2 N–H and O–H groups in total. The molecule has 2 aromatic rings. The lowest BCUT2D eigenvalue weighted by Crippen LogP contribution is -2.39. The average Bonchev–Trinajstić information content (AvgIpc) is 2.57. The van der Waals surface area contributed by atoms with E-state index >= 15 is 0 Å². The first-order valence-electron chi connectivity index (χ1n) is 7.65. The van der Waals surface area contributed by atoms with E-state index in [0.717, 1.165) is 10.9 Å². The minimum absolute atomic E-state index is 0.252. The van der Waals surface area contributed by atoms with E-state index in [0.29, 0.717) is 29.6 Å². The van der Waals surface area contributed by atoms with Crippen molar-refractivity contribution in [2.75, 3.05) is 13.2 Å². The zero-order valence-corrected chi connectivity index (χ0v) is 15.7. The number of rotatable bonds is 6. The summed E-state index contributed by atoms with van der Waals surface area (Å²) >= 11 is 8.46. The van der Waals surface area contributed by atoms with Gasteiger partial charge in [0.25, 0.3) is 5.91 Å². The minimum Gasteiger partial charge on any atom is -0.492 e. The van der Waals surface area contributed by atoms with Crippen LogP contribution in [-0.4, -0.2) is 24.2 Å². The molecule has 24 heavy (non-hydrogen) atoms. The zero-order chi connectivity index (χ0) is 17.4. The van der Waals surface area contributed by atoms with E-state index in [1.165, 1.54) is 5.56 Å². The van der Waals surface area contributed by atoms with E-state index in [1.807, 2.05) is 25.1 Å². The van der Waals surface area contributed by atoms with E-state index in [2.05, 4.69) is 38.7 Å². The van der Waals surface area contributed by atoms with Gasteiger partial charge in [0.05, 0.1) is 11.1 Å². The molecule has 0 unspecified atom stereocenters. The molecule has 0 saturated carbocycles. The molecule has 0 bridgehead atoms. The molecule has 6 heteroatoms. The topological polar surface area (TPSA) is 50.4 Å². The van der Waals surface area contributed by atoms with Gasteiger partial charge in [-0.3, -0.25) is 10.1 Å². The summed E-state index contributed by atoms with van der Waals surface area (Å²) in [6, 6.07) is 15.4. The molecule has 2 aromatic carbocycles. The summed E-state index contributed by atoms with van der Waals surface area (Å²) in [5.41, 5.74) is 1.74. The summed E-state index contributed by atoms with van der Waals surface area (Å²) in [7, 11) is 0. The highest BCUT2D eigenvalue weighted by molar-refractivity contribution is 9.10. The van der Waals surface area contributed by atoms with Crippen LogP contribution < -0.4 is 15.4 Å². The number of benzene rings is 2. The van der Waals surface area contributed by atoms with Gasteiger partial charge in [-0.15, -0.1) is 0 Å². The predicted octanol–water partition coefficient (Wildman–Crippen LogP) is 3.69. The van der Waals surface area contributed by atoms with Gasteiger partial charge >= 0.3 is 0 Å². The first-order valence-corrected chi connectivity index (χ1v) is 8.85. The lowest BCUT2D eigenvalue weighted by atomic mass is 10.2. The Morgan fingerprint density at radius 2 is 1.96 bits per heavy atom. The van der Waals surface area contributed by atoms with Gasteiger partial charge in [0.2, 0.25) is 0 Å². The third-order valence-electron chi connectivity index (χ3n) is 3.25. The van der Waals surface area contributed by atoms with E-state index in [4.69, 9.17) is 17.0 Å². The van der Waals surface area contributed by atoms with Gasteiger partial charge in [0.1, 0.15) is 5.75 Å². The second-order valence-electron chi connectivity index (χ2n) is 5.04. The molecule has 0 atom stereocenters. The van der Waals surface area contributed by atoms with Crippen LogP contribution in [0.15, 0.2) is 53.0 Å². The molecule has 0 aliphatic carbocycles. The number of hydrogen-bond donors (Lipinski definition) is 2.